The molecule has 0 spiro atoms. The number of carbonyl (C=O) groups is 1. The Morgan fingerprint density at radius 3 is 3.12 bits per heavy atom. The summed E-state index contributed by atoms with van der Waals surface area (Å²) in [6, 6.07) is 5.91. The van der Waals surface area contributed by atoms with Crippen LogP contribution >= 0.6 is 11.3 Å². The van der Waals surface area contributed by atoms with E-state index in [-0.39, 0.29) is 11.8 Å². The van der Waals surface area contributed by atoms with E-state index in [1.54, 1.807) is 25.6 Å². The van der Waals surface area contributed by atoms with Crippen LogP contribution in [0.2, 0.25) is 0 Å². The molecule has 1 saturated heterocycles. The van der Waals surface area contributed by atoms with Crippen LogP contribution in [0.25, 0.3) is 10.2 Å². The molecule has 1 aliphatic rings. The van der Waals surface area contributed by atoms with E-state index in [1.807, 2.05) is 18.2 Å². The molecule has 24 heavy (non-hydrogen) atoms. The first-order chi connectivity index (χ1) is 11.7. The van der Waals surface area contributed by atoms with Crippen molar-refractivity contribution in [2.24, 2.45) is 5.92 Å². The number of nitrogens with zero attached hydrogens (tertiary/aromatic N) is 2. The first-order valence-corrected chi connectivity index (χ1v) is 8.99. The lowest BCUT2D eigenvalue weighted by atomic mass is 9.97. The molecule has 2 aromatic rings. The van der Waals surface area contributed by atoms with E-state index in [0.29, 0.717) is 13.2 Å². The summed E-state index contributed by atoms with van der Waals surface area (Å²) in [6.07, 6.45) is 1.93. The number of anilines is 1. The molecule has 0 radical (unpaired) electrons. The number of hydrogen-bond acceptors (Lipinski definition) is 6. The molecule has 1 atom stereocenters. The zero-order valence-corrected chi connectivity index (χ0v) is 14.9. The highest BCUT2D eigenvalue weighted by atomic mass is 32.1. The van der Waals surface area contributed by atoms with Gasteiger partial charge < -0.3 is 19.7 Å². The van der Waals surface area contributed by atoms with E-state index in [4.69, 9.17) is 14.5 Å². The number of ether oxygens (including phenoxy) is 2. The van der Waals surface area contributed by atoms with Crippen molar-refractivity contribution in [3.8, 4) is 5.75 Å². The van der Waals surface area contributed by atoms with Gasteiger partial charge in [-0.3, -0.25) is 4.79 Å². The number of piperidine rings is 1. The van der Waals surface area contributed by atoms with E-state index >= 15 is 0 Å². The van der Waals surface area contributed by atoms with Crippen LogP contribution in [0.5, 0.6) is 5.75 Å². The molecule has 1 aromatic heterocycles. The molecule has 1 unspecified atom stereocenters. The van der Waals surface area contributed by atoms with Gasteiger partial charge in [0.25, 0.3) is 0 Å². The maximum Gasteiger partial charge on any atom is 0.224 e. The van der Waals surface area contributed by atoms with E-state index in [0.717, 1.165) is 47.0 Å². The summed E-state index contributed by atoms with van der Waals surface area (Å²) in [4.78, 5) is 19.2. The highest BCUT2D eigenvalue weighted by Crippen LogP contribution is 2.33. The number of amides is 1. The van der Waals surface area contributed by atoms with Gasteiger partial charge in [-0.25, -0.2) is 4.98 Å². The molecule has 1 aromatic carbocycles. The zero-order valence-electron chi connectivity index (χ0n) is 14.1. The fraction of sp³-hybridized carbons (Fsp3) is 0.529. The van der Waals surface area contributed by atoms with E-state index in [1.165, 1.54) is 0 Å². The summed E-state index contributed by atoms with van der Waals surface area (Å²) in [5.74, 6) is 0.962. The Morgan fingerprint density at radius 1 is 1.46 bits per heavy atom. The molecule has 0 aliphatic carbocycles. The van der Waals surface area contributed by atoms with Crippen molar-refractivity contribution in [2.75, 3.05) is 45.4 Å². The lowest BCUT2D eigenvalue weighted by molar-refractivity contribution is -0.125. The third kappa shape index (κ3) is 3.79. The van der Waals surface area contributed by atoms with Crippen LogP contribution in [-0.2, 0) is 9.53 Å². The van der Waals surface area contributed by atoms with Gasteiger partial charge in [-0.05, 0) is 31.0 Å². The van der Waals surface area contributed by atoms with Crippen LogP contribution < -0.4 is 15.0 Å². The van der Waals surface area contributed by atoms with Crippen molar-refractivity contribution in [1.29, 1.82) is 0 Å². The predicted octanol–water partition coefficient (Wildman–Crippen LogP) is 2.28. The SMILES string of the molecule is COCCNC(=O)C1CCCN(c2nc3ccc(OC)cc3s2)C1. The predicted molar refractivity (Wildman–Crippen MR) is 96.0 cm³/mol. The Bertz CT molecular complexity index is 703. The van der Waals surface area contributed by atoms with Crippen molar-refractivity contribution in [1.82, 2.24) is 10.3 Å². The number of nitrogens with one attached hydrogen (secondary N) is 1. The normalized spacial score (nSPS) is 17.9. The first kappa shape index (κ1) is 17.0. The third-order valence-electron chi connectivity index (χ3n) is 4.25. The second-order valence-electron chi connectivity index (χ2n) is 5.90. The number of rotatable bonds is 6. The molecule has 3 rings (SSSR count). The number of fused-ring (bicyclic) bond motifs is 1. The lowest BCUT2D eigenvalue weighted by Crippen LogP contribution is -2.43. The summed E-state index contributed by atoms with van der Waals surface area (Å²) in [5, 5.41) is 3.92. The quantitative estimate of drug-likeness (QED) is 0.811. The van der Waals surface area contributed by atoms with Crippen LogP contribution in [0.4, 0.5) is 5.13 Å². The van der Waals surface area contributed by atoms with Crippen LogP contribution in [0.3, 0.4) is 0 Å². The van der Waals surface area contributed by atoms with Crippen molar-refractivity contribution in [3.05, 3.63) is 18.2 Å². The first-order valence-electron chi connectivity index (χ1n) is 8.17. The van der Waals surface area contributed by atoms with Gasteiger partial charge in [0.1, 0.15) is 5.75 Å². The smallest absolute Gasteiger partial charge is 0.224 e. The number of benzene rings is 1. The number of carbonyl (C=O) groups excluding carboxylic acids is 1. The Morgan fingerprint density at radius 2 is 2.33 bits per heavy atom. The second-order valence-corrected chi connectivity index (χ2v) is 6.91. The molecule has 6 nitrogen and oxygen atoms in total. The summed E-state index contributed by atoms with van der Waals surface area (Å²) in [7, 11) is 3.30. The number of thiazole rings is 1. The molecule has 130 valence electrons. The molecular formula is C17H23N3O3S. The van der Waals surface area contributed by atoms with Gasteiger partial charge in [-0.15, -0.1) is 0 Å². The van der Waals surface area contributed by atoms with E-state index in [2.05, 4.69) is 10.2 Å². The average Bonchev–Trinajstić information content (AvgIpc) is 3.05. The molecule has 1 N–H and O–H groups in total. The van der Waals surface area contributed by atoms with Crippen LogP contribution in [0.1, 0.15) is 12.8 Å². The van der Waals surface area contributed by atoms with Gasteiger partial charge >= 0.3 is 0 Å². The van der Waals surface area contributed by atoms with Gasteiger partial charge in [0.15, 0.2) is 5.13 Å². The van der Waals surface area contributed by atoms with Crippen LogP contribution in [-0.4, -0.2) is 51.4 Å². The van der Waals surface area contributed by atoms with Crippen molar-refractivity contribution >= 4 is 32.6 Å². The average molecular weight is 349 g/mol. The number of hydrogen-bond donors (Lipinski definition) is 1. The van der Waals surface area contributed by atoms with Gasteiger partial charge in [0.05, 0.1) is 29.9 Å². The highest BCUT2D eigenvalue weighted by Gasteiger charge is 2.27. The van der Waals surface area contributed by atoms with Gasteiger partial charge in [-0.2, -0.15) is 0 Å². The third-order valence-corrected chi connectivity index (χ3v) is 5.33. The fourth-order valence-electron chi connectivity index (χ4n) is 2.94. The fourth-order valence-corrected chi connectivity index (χ4v) is 3.97. The Hall–Kier alpha value is -1.86. The van der Waals surface area contributed by atoms with E-state index < -0.39 is 0 Å². The molecule has 2 heterocycles. The summed E-state index contributed by atoms with van der Waals surface area (Å²) >= 11 is 1.65. The van der Waals surface area contributed by atoms with E-state index in [9.17, 15) is 4.79 Å². The van der Waals surface area contributed by atoms with Crippen molar-refractivity contribution < 1.29 is 14.3 Å². The lowest BCUT2D eigenvalue weighted by Gasteiger charge is -2.31. The molecule has 0 bridgehead atoms. The molecule has 1 fully saturated rings. The topological polar surface area (TPSA) is 63.7 Å². The van der Waals surface area contributed by atoms with Crippen molar-refractivity contribution in [2.45, 2.75) is 12.8 Å². The summed E-state index contributed by atoms with van der Waals surface area (Å²) < 4.78 is 11.4. The largest absolute Gasteiger partial charge is 0.497 e. The summed E-state index contributed by atoms with van der Waals surface area (Å²) in [5.41, 5.74) is 0.975. The molecular weight excluding hydrogens is 326 g/mol. The zero-order chi connectivity index (χ0) is 16.9. The minimum Gasteiger partial charge on any atom is -0.497 e. The highest BCUT2D eigenvalue weighted by molar-refractivity contribution is 7.22. The minimum atomic E-state index is 0.0113. The van der Waals surface area contributed by atoms with Gasteiger partial charge in [0.2, 0.25) is 5.91 Å². The molecule has 0 saturated carbocycles. The molecule has 1 aliphatic heterocycles. The Labute approximate surface area is 145 Å². The standard InChI is InChI=1S/C17H23N3O3S/c1-22-9-7-18-16(21)12-4-3-8-20(11-12)17-19-14-6-5-13(23-2)10-15(14)24-17/h5-6,10,12H,3-4,7-9,11H2,1-2H3,(H,18,21). The second kappa shape index (κ2) is 7.81. The number of aromatic nitrogens is 1. The monoisotopic (exact) mass is 349 g/mol. The van der Waals surface area contributed by atoms with Crippen molar-refractivity contribution in [3.63, 3.8) is 0 Å². The Balaban J connectivity index is 1.69. The van der Waals surface area contributed by atoms with Gasteiger partial charge in [-0.1, -0.05) is 11.3 Å². The minimum absolute atomic E-state index is 0.0113. The summed E-state index contributed by atoms with van der Waals surface area (Å²) in [6.45, 7) is 2.77. The Kier molecular flexibility index (Phi) is 5.52. The van der Waals surface area contributed by atoms with Crippen LogP contribution in [0.15, 0.2) is 18.2 Å². The maximum absolute atomic E-state index is 12.3. The number of methoxy groups -OCH3 is 2. The van der Waals surface area contributed by atoms with Gasteiger partial charge in [0, 0.05) is 26.7 Å². The van der Waals surface area contributed by atoms with Crippen LogP contribution in [0, 0.1) is 5.92 Å². The maximum atomic E-state index is 12.3. The molecule has 1 amide bonds. The molecule has 7 heteroatoms.